The number of nitrogens with one attached hydrogen (secondary N) is 1. The Hall–Kier alpha value is -3.36. The predicted octanol–water partition coefficient (Wildman–Crippen LogP) is 4.39. The molecule has 2 heterocycles. The van der Waals surface area contributed by atoms with E-state index in [0.29, 0.717) is 34.9 Å². The van der Waals surface area contributed by atoms with Crippen molar-refractivity contribution in [1.29, 1.82) is 0 Å². The maximum Gasteiger partial charge on any atom is 0.258 e. The molecule has 32 heavy (non-hydrogen) atoms. The second-order valence-electron chi connectivity index (χ2n) is 7.64. The summed E-state index contributed by atoms with van der Waals surface area (Å²) in [7, 11) is 0. The summed E-state index contributed by atoms with van der Waals surface area (Å²) < 4.78 is 0. The molecule has 0 radical (unpaired) electrons. The summed E-state index contributed by atoms with van der Waals surface area (Å²) >= 11 is 1.44. The van der Waals surface area contributed by atoms with Crippen molar-refractivity contribution < 1.29 is 4.79 Å². The molecule has 0 aliphatic heterocycles. The van der Waals surface area contributed by atoms with Gasteiger partial charge < -0.3 is 4.98 Å². The van der Waals surface area contributed by atoms with Crippen molar-refractivity contribution in [2.24, 2.45) is 0 Å². The lowest BCUT2D eigenvalue weighted by Crippen LogP contribution is -2.26. The smallest absolute Gasteiger partial charge is 0.258 e. The van der Waals surface area contributed by atoms with Crippen molar-refractivity contribution >= 4 is 39.0 Å². The SMILES string of the molecule is CCN(Cc1csc(N(C(C)=O)c2ccc(C)cc2)n1)Cc1nc2ccccc2c(=O)[nH]1. The third-order valence-corrected chi connectivity index (χ3v) is 6.08. The number of aromatic nitrogens is 3. The van der Waals surface area contributed by atoms with Gasteiger partial charge in [-0.2, -0.15) is 0 Å². The topological polar surface area (TPSA) is 82.2 Å². The predicted molar refractivity (Wildman–Crippen MR) is 128 cm³/mol. The number of carbonyl (C=O) groups is 1. The van der Waals surface area contributed by atoms with Crippen LogP contribution in [0, 0.1) is 6.92 Å². The number of thiazole rings is 1. The number of hydrogen-bond donors (Lipinski definition) is 1. The van der Waals surface area contributed by atoms with Gasteiger partial charge >= 0.3 is 0 Å². The Kier molecular flexibility index (Phi) is 6.43. The number of H-pyrrole nitrogens is 1. The highest BCUT2D eigenvalue weighted by molar-refractivity contribution is 7.14. The maximum atomic E-state index is 12.4. The van der Waals surface area contributed by atoms with E-state index in [9.17, 15) is 9.59 Å². The van der Waals surface area contributed by atoms with Crippen LogP contribution >= 0.6 is 11.3 Å². The zero-order valence-corrected chi connectivity index (χ0v) is 19.1. The van der Waals surface area contributed by atoms with Gasteiger partial charge in [0.25, 0.3) is 5.56 Å². The summed E-state index contributed by atoms with van der Waals surface area (Å²) in [5.41, 5.74) is 3.36. The summed E-state index contributed by atoms with van der Waals surface area (Å²) in [6.07, 6.45) is 0. The average Bonchev–Trinajstić information content (AvgIpc) is 3.22. The number of nitrogens with zero attached hydrogens (tertiary/aromatic N) is 4. The van der Waals surface area contributed by atoms with Gasteiger partial charge in [-0.05, 0) is 37.7 Å². The molecule has 2 aromatic heterocycles. The highest BCUT2D eigenvalue weighted by atomic mass is 32.1. The molecular formula is C24H25N5O2S. The van der Waals surface area contributed by atoms with Crippen molar-refractivity contribution in [2.75, 3.05) is 11.4 Å². The van der Waals surface area contributed by atoms with Crippen molar-refractivity contribution in [2.45, 2.75) is 33.9 Å². The zero-order valence-electron chi connectivity index (χ0n) is 18.3. The lowest BCUT2D eigenvalue weighted by atomic mass is 10.2. The molecule has 8 heteroatoms. The fraction of sp³-hybridized carbons (Fsp3) is 0.250. The van der Waals surface area contributed by atoms with Crippen LogP contribution < -0.4 is 10.5 Å². The first kappa shape index (κ1) is 21.9. The van der Waals surface area contributed by atoms with E-state index in [1.54, 1.807) is 17.9 Å². The zero-order chi connectivity index (χ0) is 22.7. The number of amides is 1. The van der Waals surface area contributed by atoms with Gasteiger partial charge in [-0.25, -0.2) is 9.97 Å². The van der Waals surface area contributed by atoms with Crippen LogP contribution in [-0.2, 0) is 17.9 Å². The lowest BCUT2D eigenvalue weighted by molar-refractivity contribution is -0.115. The van der Waals surface area contributed by atoms with E-state index in [-0.39, 0.29) is 11.5 Å². The number of rotatable bonds is 7. The number of aromatic amines is 1. The highest BCUT2D eigenvalue weighted by Crippen LogP contribution is 2.29. The van der Waals surface area contributed by atoms with Gasteiger partial charge in [0, 0.05) is 18.8 Å². The third kappa shape index (κ3) is 4.76. The van der Waals surface area contributed by atoms with Gasteiger partial charge in [-0.15, -0.1) is 11.3 Å². The Balaban J connectivity index is 1.53. The Morgan fingerprint density at radius 1 is 1.06 bits per heavy atom. The van der Waals surface area contributed by atoms with Crippen molar-refractivity contribution in [3.63, 3.8) is 0 Å². The minimum absolute atomic E-state index is 0.0833. The summed E-state index contributed by atoms with van der Waals surface area (Å²) in [6, 6.07) is 15.1. The van der Waals surface area contributed by atoms with Gasteiger partial charge in [0.05, 0.1) is 28.8 Å². The number of fused-ring (bicyclic) bond motifs is 1. The average molecular weight is 448 g/mol. The number of hydrogen-bond acceptors (Lipinski definition) is 6. The normalized spacial score (nSPS) is 11.2. The number of para-hydroxylation sites is 1. The lowest BCUT2D eigenvalue weighted by Gasteiger charge is -2.19. The standard InChI is InChI=1S/C24H25N5O2S/c1-4-28(14-22-26-21-8-6-5-7-20(21)23(31)27-22)13-18-15-32-24(25-18)29(17(3)30)19-11-9-16(2)10-12-19/h5-12,15H,4,13-14H2,1-3H3,(H,26,27,31). The number of anilines is 2. The minimum atomic E-state index is -0.132. The summed E-state index contributed by atoms with van der Waals surface area (Å²) in [4.78, 5) is 40.7. The Morgan fingerprint density at radius 2 is 1.81 bits per heavy atom. The molecule has 7 nitrogen and oxygen atoms in total. The van der Waals surface area contributed by atoms with Crippen LogP contribution in [0.4, 0.5) is 10.8 Å². The molecule has 2 aromatic carbocycles. The monoisotopic (exact) mass is 447 g/mol. The van der Waals surface area contributed by atoms with E-state index in [1.807, 2.05) is 54.8 Å². The van der Waals surface area contributed by atoms with Crippen LogP contribution in [0.15, 0.2) is 58.7 Å². The van der Waals surface area contributed by atoms with Gasteiger partial charge in [0.2, 0.25) is 5.91 Å². The first-order valence-corrected chi connectivity index (χ1v) is 11.3. The van der Waals surface area contributed by atoms with E-state index < -0.39 is 0 Å². The van der Waals surface area contributed by atoms with E-state index in [2.05, 4.69) is 21.8 Å². The molecule has 0 unspecified atom stereocenters. The van der Waals surface area contributed by atoms with Crippen LogP contribution in [0.2, 0.25) is 0 Å². The molecule has 0 aliphatic carbocycles. The molecule has 4 aromatic rings. The van der Waals surface area contributed by atoms with Crippen LogP contribution in [0.3, 0.4) is 0 Å². The van der Waals surface area contributed by atoms with Gasteiger partial charge in [-0.3, -0.25) is 19.4 Å². The first-order valence-electron chi connectivity index (χ1n) is 10.5. The van der Waals surface area contributed by atoms with Crippen LogP contribution in [0.25, 0.3) is 10.9 Å². The Morgan fingerprint density at radius 3 is 2.53 bits per heavy atom. The molecule has 0 fully saturated rings. The van der Waals surface area contributed by atoms with Crippen molar-refractivity contribution in [3.8, 4) is 0 Å². The third-order valence-electron chi connectivity index (χ3n) is 5.21. The van der Waals surface area contributed by atoms with E-state index in [1.165, 1.54) is 11.3 Å². The fourth-order valence-corrected chi connectivity index (χ4v) is 4.40. The molecule has 0 spiro atoms. The van der Waals surface area contributed by atoms with Crippen molar-refractivity contribution in [3.05, 3.63) is 81.3 Å². The molecule has 0 saturated carbocycles. The second kappa shape index (κ2) is 9.42. The molecular weight excluding hydrogens is 422 g/mol. The largest absolute Gasteiger partial charge is 0.309 e. The molecule has 0 atom stereocenters. The summed E-state index contributed by atoms with van der Waals surface area (Å²) in [5, 5.41) is 3.20. The Bertz CT molecular complexity index is 1300. The quantitative estimate of drug-likeness (QED) is 0.454. The van der Waals surface area contributed by atoms with Crippen LogP contribution in [-0.4, -0.2) is 32.3 Å². The minimum Gasteiger partial charge on any atom is -0.309 e. The molecule has 4 rings (SSSR count). The Labute approximate surface area is 190 Å². The maximum absolute atomic E-state index is 12.4. The van der Waals surface area contributed by atoms with Crippen LogP contribution in [0.5, 0.6) is 0 Å². The van der Waals surface area contributed by atoms with E-state index in [4.69, 9.17) is 4.98 Å². The highest BCUT2D eigenvalue weighted by Gasteiger charge is 2.19. The number of benzene rings is 2. The molecule has 164 valence electrons. The van der Waals surface area contributed by atoms with Gasteiger partial charge in [-0.1, -0.05) is 36.8 Å². The first-order chi connectivity index (χ1) is 15.4. The second-order valence-corrected chi connectivity index (χ2v) is 8.48. The number of aryl methyl sites for hydroxylation is 1. The molecule has 1 N–H and O–H groups in total. The summed E-state index contributed by atoms with van der Waals surface area (Å²) in [5.74, 6) is 0.538. The molecule has 0 bridgehead atoms. The molecule has 0 saturated heterocycles. The van der Waals surface area contributed by atoms with Crippen molar-refractivity contribution in [1.82, 2.24) is 19.9 Å². The summed E-state index contributed by atoms with van der Waals surface area (Å²) in [6.45, 7) is 7.46. The molecule has 0 aliphatic rings. The van der Waals surface area contributed by atoms with Gasteiger partial charge in [0.15, 0.2) is 5.13 Å². The van der Waals surface area contributed by atoms with E-state index >= 15 is 0 Å². The van der Waals surface area contributed by atoms with E-state index in [0.717, 1.165) is 23.5 Å². The number of carbonyl (C=O) groups excluding carboxylic acids is 1. The van der Waals surface area contributed by atoms with Gasteiger partial charge in [0.1, 0.15) is 5.82 Å². The fourth-order valence-electron chi connectivity index (χ4n) is 3.52. The van der Waals surface area contributed by atoms with Crippen LogP contribution in [0.1, 0.15) is 30.9 Å². The molecule has 1 amide bonds.